The first-order valence-corrected chi connectivity index (χ1v) is 12.1. The topological polar surface area (TPSA) is 81.7 Å². The van der Waals surface area contributed by atoms with Crippen LogP contribution in [0, 0.1) is 11.6 Å². The molecular formula is C24H24F5N7O2. The summed E-state index contributed by atoms with van der Waals surface area (Å²) in [4.78, 5) is 10.2. The van der Waals surface area contributed by atoms with Gasteiger partial charge in [-0.15, -0.1) is 5.10 Å². The Morgan fingerprint density at radius 3 is 2.71 bits per heavy atom. The Morgan fingerprint density at radius 2 is 2.03 bits per heavy atom. The zero-order valence-electron chi connectivity index (χ0n) is 20.3. The highest BCUT2D eigenvalue weighted by atomic mass is 19.3. The maximum Gasteiger partial charge on any atom is 0.256 e. The van der Waals surface area contributed by atoms with Crippen LogP contribution in [-0.2, 0) is 11.3 Å². The molecule has 1 aromatic carbocycles. The number of benzene rings is 1. The van der Waals surface area contributed by atoms with E-state index in [1.165, 1.54) is 17.7 Å². The molecule has 2 fully saturated rings. The average molecular weight is 537 g/mol. The van der Waals surface area contributed by atoms with Gasteiger partial charge in [-0.05, 0) is 24.1 Å². The smallest absolute Gasteiger partial charge is 0.256 e. The van der Waals surface area contributed by atoms with E-state index in [2.05, 4.69) is 25.3 Å². The molecule has 0 bridgehead atoms. The summed E-state index contributed by atoms with van der Waals surface area (Å²) in [7, 11) is 1.33. The summed E-state index contributed by atoms with van der Waals surface area (Å²) in [5.74, 6) is -1.54. The molecule has 2 atom stereocenters. The number of ether oxygens (including phenoxy) is 2. The number of hydrogen-bond acceptors (Lipinski definition) is 7. The number of fused-ring (bicyclic) bond motifs is 2. The Hall–Kier alpha value is -3.52. The fourth-order valence-corrected chi connectivity index (χ4v) is 5.08. The molecule has 1 N–H and O–H groups in total. The van der Waals surface area contributed by atoms with Crippen molar-refractivity contribution >= 4 is 22.5 Å². The second-order valence-corrected chi connectivity index (χ2v) is 9.45. The Morgan fingerprint density at radius 1 is 1.21 bits per heavy atom. The van der Waals surface area contributed by atoms with E-state index in [-0.39, 0.29) is 52.1 Å². The summed E-state index contributed by atoms with van der Waals surface area (Å²) in [6.07, 6.45) is -1.17. The number of aromatic nitrogens is 5. The summed E-state index contributed by atoms with van der Waals surface area (Å²) in [6, 6.07) is 2.13. The van der Waals surface area contributed by atoms with Crippen LogP contribution >= 0.6 is 0 Å². The molecule has 202 valence electrons. The first-order chi connectivity index (χ1) is 18.3. The van der Waals surface area contributed by atoms with Crippen molar-refractivity contribution in [3.63, 3.8) is 0 Å². The minimum atomic E-state index is -2.69. The van der Waals surface area contributed by atoms with E-state index in [4.69, 9.17) is 9.47 Å². The number of imidazole rings is 1. The van der Waals surface area contributed by atoms with E-state index >= 15 is 4.39 Å². The van der Waals surface area contributed by atoms with Crippen LogP contribution in [0.5, 0.6) is 5.88 Å². The standard InChI is InChI=1S/C24H24F5N7O2/c1-37-23-22-20(12-4-14(25)21-18(5-12)35(11-30-21)8-19(28)29)16(27)7-36(22)33-24(32-23)31-17-2-3-34(6-15(17)26)13-9-38-10-13/h4-5,7,11,13,15,17,19H,2-3,6,8-10H2,1H3,(H,31,33)/t15-,17+/m1/s1. The number of likely N-dealkylation sites (tertiary alicyclic amines) is 1. The second-order valence-electron chi connectivity index (χ2n) is 9.45. The van der Waals surface area contributed by atoms with Crippen LogP contribution in [0.2, 0.25) is 0 Å². The molecular weight excluding hydrogens is 513 g/mol. The Kier molecular flexibility index (Phi) is 6.30. The molecule has 0 saturated carbocycles. The lowest BCUT2D eigenvalue weighted by molar-refractivity contribution is -0.0794. The summed E-state index contributed by atoms with van der Waals surface area (Å²) in [5, 5.41) is 7.29. The van der Waals surface area contributed by atoms with Gasteiger partial charge in [-0.3, -0.25) is 4.90 Å². The fraction of sp³-hybridized carbons (Fsp3) is 0.458. The van der Waals surface area contributed by atoms with Gasteiger partial charge in [0.15, 0.2) is 11.6 Å². The molecule has 2 aliphatic rings. The molecule has 4 aromatic rings. The quantitative estimate of drug-likeness (QED) is 0.362. The first kappa shape index (κ1) is 24.8. The third-order valence-electron chi connectivity index (χ3n) is 7.07. The van der Waals surface area contributed by atoms with Gasteiger partial charge >= 0.3 is 0 Å². The highest BCUT2D eigenvalue weighted by Crippen LogP contribution is 2.36. The normalized spacial score (nSPS) is 20.9. The zero-order chi connectivity index (χ0) is 26.6. The van der Waals surface area contributed by atoms with Gasteiger partial charge in [0.1, 0.15) is 17.2 Å². The van der Waals surface area contributed by atoms with E-state index in [1.54, 1.807) is 0 Å². The molecule has 2 saturated heterocycles. The largest absolute Gasteiger partial charge is 0.479 e. The zero-order valence-corrected chi connectivity index (χ0v) is 20.3. The molecule has 0 aliphatic carbocycles. The number of halogens is 5. The van der Waals surface area contributed by atoms with Crippen LogP contribution in [-0.4, -0.2) is 87.1 Å². The molecule has 0 radical (unpaired) electrons. The van der Waals surface area contributed by atoms with Crippen molar-refractivity contribution in [2.24, 2.45) is 0 Å². The van der Waals surface area contributed by atoms with Crippen LogP contribution in [0.15, 0.2) is 24.7 Å². The SMILES string of the molecule is COc1nc(N[C@H]2CCN(C3COC3)C[C@H]2F)nn2cc(F)c(-c3cc(F)c4ncn(CC(F)F)c4c3)c12. The number of methoxy groups -OCH3 is 1. The van der Waals surface area contributed by atoms with Gasteiger partial charge in [0, 0.05) is 13.1 Å². The molecule has 0 amide bonds. The van der Waals surface area contributed by atoms with Gasteiger partial charge in [0.2, 0.25) is 11.8 Å². The summed E-state index contributed by atoms with van der Waals surface area (Å²) < 4.78 is 84.0. The van der Waals surface area contributed by atoms with Gasteiger partial charge in [0.25, 0.3) is 6.43 Å². The molecule has 6 rings (SSSR count). The number of nitrogens with zero attached hydrogens (tertiary/aromatic N) is 6. The predicted molar refractivity (Wildman–Crippen MR) is 127 cm³/mol. The Bertz CT molecular complexity index is 1490. The van der Waals surface area contributed by atoms with Crippen LogP contribution in [0.3, 0.4) is 0 Å². The van der Waals surface area contributed by atoms with Gasteiger partial charge in [-0.2, -0.15) is 4.98 Å². The van der Waals surface area contributed by atoms with Crippen molar-refractivity contribution < 1.29 is 31.4 Å². The van der Waals surface area contributed by atoms with Crippen molar-refractivity contribution in [3.05, 3.63) is 36.3 Å². The third-order valence-corrected chi connectivity index (χ3v) is 7.07. The average Bonchev–Trinajstić information content (AvgIpc) is 3.39. The molecule has 14 heteroatoms. The highest BCUT2D eigenvalue weighted by Gasteiger charge is 2.36. The third kappa shape index (κ3) is 4.30. The predicted octanol–water partition coefficient (Wildman–Crippen LogP) is 3.52. The summed E-state index contributed by atoms with van der Waals surface area (Å²) in [6.45, 7) is 1.46. The van der Waals surface area contributed by atoms with Crippen LogP contribution in [0.4, 0.5) is 27.9 Å². The number of alkyl halides is 3. The molecule has 38 heavy (non-hydrogen) atoms. The van der Waals surface area contributed by atoms with Crippen LogP contribution in [0.25, 0.3) is 27.7 Å². The van der Waals surface area contributed by atoms with Crippen molar-refractivity contribution in [2.45, 2.75) is 37.6 Å². The highest BCUT2D eigenvalue weighted by molar-refractivity contribution is 5.90. The molecule has 9 nitrogen and oxygen atoms in total. The monoisotopic (exact) mass is 537 g/mol. The molecule has 2 aliphatic heterocycles. The lowest BCUT2D eigenvalue weighted by Gasteiger charge is -2.42. The van der Waals surface area contributed by atoms with Crippen molar-refractivity contribution in [1.82, 2.24) is 29.0 Å². The van der Waals surface area contributed by atoms with Crippen LogP contribution in [0.1, 0.15) is 6.42 Å². The van der Waals surface area contributed by atoms with E-state index < -0.39 is 36.8 Å². The van der Waals surface area contributed by atoms with E-state index in [9.17, 15) is 17.6 Å². The van der Waals surface area contributed by atoms with Gasteiger partial charge in [-0.1, -0.05) is 0 Å². The summed E-state index contributed by atoms with van der Waals surface area (Å²) >= 11 is 0. The minimum absolute atomic E-state index is 0.0255. The van der Waals surface area contributed by atoms with Gasteiger partial charge < -0.3 is 19.4 Å². The number of hydrogen-bond donors (Lipinski definition) is 1. The molecule has 0 unspecified atom stereocenters. The lowest BCUT2D eigenvalue weighted by Crippen LogP contribution is -2.57. The van der Waals surface area contributed by atoms with Crippen LogP contribution < -0.4 is 10.1 Å². The molecule has 3 aromatic heterocycles. The van der Waals surface area contributed by atoms with Gasteiger partial charge in [0.05, 0.1) is 62.6 Å². The number of anilines is 1. The number of nitrogens with one attached hydrogen (secondary N) is 1. The van der Waals surface area contributed by atoms with E-state index in [0.29, 0.717) is 26.2 Å². The molecule has 5 heterocycles. The van der Waals surface area contributed by atoms with E-state index in [1.807, 2.05) is 0 Å². The first-order valence-electron chi connectivity index (χ1n) is 12.1. The van der Waals surface area contributed by atoms with Gasteiger partial charge in [-0.25, -0.2) is 31.5 Å². The second kappa shape index (κ2) is 9.66. The minimum Gasteiger partial charge on any atom is -0.479 e. The maximum absolute atomic E-state index is 15.3. The number of piperidine rings is 1. The number of rotatable bonds is 7. The maximum atomic E-state index is 15.3. The van der Waals surface area contributed by atoms with Crippen molar-refractivity contribution in [3.8, 4) is 17.0 Å². The van der Waals surface area contributed by atoms with Crippen molar-refractivity contribution in [2.75, 3.05) is 38.7 Å². The molecule has 0 spiro atoms. The fourth-order valence-electron chi connectivity index (χ4n) is 5.08. The summed E-state index contributed by atoms with van der Waals surface area (Å²) in [5.41, 5.74) is 0.0877. The van der Waals surface area contributed by atoms with Crippen molar-refractivity contribution in [1.29, 1.82) is 0 Å². The lowest BCUT2D eigenvalue weighted by atomic mass is 10.0. The Labute approximate surface area is 213 Å². The van der Waals surface area contributed by atoms with E-state index in [0.717, 1.165) is 23.2 Å². The Balaban J connectivity index is 1.34.